The minimum absolute atomic E-state index is 0.325. The molecule has 5 nitrogen and oxygen atoms in total. The molecular weight excluding hydrogens is 367 g/mol. The Morgan fingerprint density at radius 3 is 2.43 bits per heavy atom. The Morgan fingerprint density at radius 2 is 1.68 bits per heavy atom. The minimum Gasteiger partial charge on any atom is -0.278 e. The molecule has 0 N–H and O–H groups in total. The molecule has 28 heavy (non-hydrogen) atoms. The van der Waals surface area contributed by atoms with Gasteiger partial charge in [-0.25, -0.2) is 5.01 Å². The largest absolute Gasteiger partial charge is 0.416 e. The number of anilines is 1. The van der Waals surface area contributed by atoms with E-state index in [4.69, 9.17) is 0 Å². The Balaban J connectivity index is 1.73. The van der Waals surface area contributed by atoms with Gasteiger partial charge < -0.3 is 0 Å². The zero-order valence-corrected chi connectivity index (χ0v) is 14.9. The Labute approximate surface area is 159 Å². The molecule has 0 aliphatic carbocycles. The molecule has 0 saturated heterocycles. The monoisotopic (exact) mass is 383 g/mol. The summed E-state index contributed by atoms with van der Waals surface area (Å²) in [5.41, 5.74) is 1.11. The smallest absolute Gasteiger partial charge is 0.278 e. The summed E-state index contributed by atoms with van der Waals surface area (Å²) in [6.07, 6.45) is -0.426. The van der Waals surface area contributed by atoms with Gasteiger partial charge in [-0.1, -0.05) is 30.3 Å². The highest BCUT2D eigenvalue weighted by Crippen LogP contribution is 2.32. The summed E-state index contributed by atoms with van der Waals surface area (Å²) in [6.45, 7) is 1.84. The molecule has 0 unspecified atom stereocenters. The van der Waals surface area contributed by atoms with E-state index < -0.39 is 11.7 Å². The topological polar surface area (TPSA) is 46.3 Å². The number of hydrazone groups is 1. The summed E-state index contributed by atoms with van der Waals surface area (Å²) < 4.78 is 41.0. The first-order chi connectivity index (χ1) is 13.4. The van der Waals surface area contributed by atoms with Gasteiger partial charge in [-0.3, -0.25) is 4.57 Å². The van der Waals surface area contributed by atoms with E-state index in [0.717, 1.165) is 17.8 Å². The van der Waals surface area contributed by atoms with Gasteiger partial charge in [0.1, 0.15) is 11.5 Å². The first-order valence-electron chi connectivity index (χ1n) is 8.62. The first-order valence-corrected chi connectivity index (χ1v) is 8.62. The number of nitrogens with zero attached hydrogens (tertiary/aromatic N) is 5. The fourth-order valence-electron chi connectivity index (χ4n) is 3.01. The van der Waals surface area contributed by atoms with E-state index >= 15 is 0 Å². The van der Waals surface area contributed by atoms with Gasteiger partial charge in [-0.15, -0.1) is 10.2 Å². The van der Waals surface area contributed by atoms with Crippen molar-refractivity contribution < 1.29 is 13.2 Å². The van der Waals surface area contributed by atoms with Crippen LogP contribution in [0.15, 0.2) is 72.0 Å². The summed E-state index contributed by atoms with van der Waals surface area (Å²) in [5, 5.41) is 14.3. The first kappa shape index (κ1) is 18.0. The number of para-hydroxylation sites is 1. The zero-order valence-electron chi connectivity index (χ0n) is 14.9. The maximum atomic E-state index is 13.0. The normalized spacial score (nSPS) is 14.3. The highest BCUT2D eigenvalue weighted by molar-refractivity contribution is 6.00. The highest BCUT2D eigenvalue weighted by Gasteiger charge is 2.31. The number of halogens is 3. The third-order valence-corrected chi connectivity index (χ3v) is 4.32. The molecule has 8 heteroatoms. The van der Waals surface area contributed by atoms with Crippen molar-refractivity contribution in [2.24, 2.45) is 5.10 Å². The number of aryl methyl sites for hydroxylation is 1. The highest BCUT2D eigenvalue weighted by atomic mass is 19.4. The number of benzene rings is 2. The molecule has 0 spiro atoms. The second-order valence-corrected chi connectivity index (χ2v) is 6.27. The number of rotatable bonds is 3. The molecule has 142 valence electrons. The van der Waals surface area contributed by atoms with Crippen LogP contribution in [-0.4, -0.2) is 20.5 Å². The maximum Gasteiger partial charge on any atom is 0.416 e. The van der Waals surface area contributed by atoms with Crippen molar-refractivity contribution in [3.8, 4) is 5.69 Å². The molecular formula is C20H16F3N5. The molecule has 0 amide bonds. The van der Waals surface area contributed by atoms with Crippen LogP contribution >= 0.6 is 0 Å². The van der Waals surface area contributed by atoms with Crippen LogP contribution in [0.4, 0.5) is 18.9 Å². The summed E-state index contributed by atoms with van der Waals surface area (Å²) >= 11 is 0. The van der Waals surface area contributed by atoms with E-state index in [1.54, 1.807) is 12.3 Å². The fraction of sp³-hybridized carbons (Fsp3) is 0.150. The molecule has 0 atom stereocenters. The van der Waals surface area contributed by atoms with Crippen molar-refractivity contribution in [3.05, 3.63) is 84.1 Å². The van der Waals surface area contributed by atoms with Crippen molar-refractivity contribution in [2.75, 3.05) is 5.01 Å². The van der Waals surface area contributed by atoms with Gasteiger partial charge in [0.15, 0.2) is 5.82 Å². The van der Waals surface area contributed by atoms with Gasteiger partial charge in [-0.2, -0.15) is 18.3 Å². The van der Waals surface area contributed by atoms with Crippen molar-refractivity contribution in [1.82, 2.24) is 14.8 Å². The van der Waals surface area contributed by atoms with Crippen LogP contribution in [-0.2, 0) is 6.18 Å². The van der Waals surface area contributed by atoms with E-state index in [0.29, 0.717) is 29.5 Å². The van der Waals surface area contributed by atoms with Crippen LogP contribution < -0.4 is 5.01 Å². The molecule has 3 aromatic rings. The summed E-state index contributed by atoms with van der Waals surface area (Å²) in [5.74, 6) is 1.26. The van der Waals surface area contributed by atoms with Crippen molar-refractivity contribution >= 4 is 11.4 Å². The van der Waals surface area contributed by atoms with Crippen LogP contribution in [0.5, 0.6) is 0 Å². The Morgan fingerprint density at radius 1 is 0.929 bits per heavy atom. The van der Waals surface area contributed by atoms with E-state index in [9.17, 15) is 13.2 Å². The second kappa shape index (κ2) is 6.95. The lowest BCUT2D eigenvalue weighted by Crippen LogP contribution is -2.20. The molecule has 0 radical (unpaired) electrons. The Kier molecular flexibility index (Phi) is 4.46. The van der Waals surface area contributed by atoms with Crippen LogP contribution in [0.2, 0.25) is 0 Å². The molecule has 0 fully saturated rings. The van der Waals surface area contributed by atoms with Crippen LogP contribution in [0, 0.1) is 6.92 Å². The van der Waals surface area contributed by atoms with E-state index in [1.165, 1.54) is 11.1 Å². The predicted octanol–water partition coefficient (Wildman–Crippen LogP) is 4.72. The molecule has 2 aromatic carbocycles. The zero-order chi connectivity index (χ0) is 19.7. The third-order valence-electron chi connectivity index (χ3n) is 4.32. The summed E-state index contributed by atoms with van der Waals surface area (Å²) in [4.78, 5) is 0. The van der Waals surface area contributed by atoms with E-state index in [1.807, 2.05) is 47.9 Å². The molecule has 4 rings (SSSR count). The lowest BCUT2D eigenvalue weighted by molar-refractivity contribution is -0.137. The fourth-order valence-corrected chi connectivity index (χ4v) is 3.01. The van der Waals surface area contributed by atoms with Crippen LogP contribution in [0.25, 0.3) is 5.69 Å². The van der Waals surface area contributed by atoms with Crippen molar-refractivity contribution in [3.63, 3.8) is 0 Å². The summed E-state index contributed by atoms with van der Waals surface area (Å²) in [7, 11) is 0. The predicted molar refractivity (Wildman–Crippen MR) is 100 cm³/mol. The number of hydrogen-bond acceptors (Lipinski definition) is 4. The molecule has 1 aliphatic rings. The molecule has 0 saturated carbocycles. The van der Waals surface area contributed by atoms with Gasteiger partial charge in [0.25, 0.3) is 0 Å². The average molecular weight is 383 g/mol. The Hall–Kier alpha value is -3.42. The van der Waals surface area contributed by atoms with Gasteiger partial charge in [0.05, 0.1) is 11.3 Å². The summed E-state index contributed by atoms with van der Waals surface area (Å²) in [6, 6.07) is 14.7. The maximum absolute atomic E-state index is 13.0. The molecule has 0 bridgehead atoms. The third kappa shape index (κ3) is 3.40. The molecule has 1 aliphatic heterocycles. The van der Waals surface area contributed by atoms with Gasteiger partial charge in [-0.05, 0) is 37.3 Å². The SMILES string of the molecule is Cc1nnc(C2=NN(c3cccc(C(F)(F)F)c3)C=CC2)n1-c1ccccc1. The molecule has 1 aromatic heterocycles. The Bertz CT molecular complexity index is 1050. The number of alkyl halides is 3. The number of hydrogen-bond donors (Lipinski definition) is 0. The minimum atomic E-state index is -4.41. The number of allylic oxidation sites excluding steroid dienone is 1. The van der Waals surface area contributed by atoms with Gasteiger partial charge in [0.2, 0.25) is 0 Å². The standard InChI is InChI=1S/C20H16F3N5/c1-14-24-25-19(28(14)16-8-3-2-4-9-16)18-11-6-12-27(26-18)17-10-5-7-15(13-17)20(21,22)23/h2-10,12-13H,11H2,1H3. The lowest BCUT2D eigenvalue weighted by Gasteiger charge is -2.21. The van der Waals surface area contributed by atoms with E-state index in [2.05, 4.69) is 15.3 Å². The van der Waals surface area contributed by atoms with Gasteiger partial charge >= 0.3 is 6.18 Å². The lowest BCUT2D eigenvalue weighted by atomic mass is 10.1. The quantitative estimate of drug-likeness (QED) is 0.657. The van der Waals surface area contributed by atoms with Crippen molar-refractivity contribution in [2.45, 2.75) is 19.5 Å². The van der Waals surface area contributed by atoms with Crippen LogP contribution in [0.3, 0.4) is 0 Å². The number of aromatic nitrogens is 3. The van der Waals surface area contributed by atoms with E-state index in [-0.39, 0.29) is 0 Å². The average Bonchev–Trinajstić information content (AvgIpc) is 3.10. The van der Waals surface area contributed by atoms with Crippen LogP contribution in [0.1, 0.15) is 23.6 Å². The second-order valence-electron chi connectivity index (χ2n) is 6.27. The van der Waals surface area contributed by atoms with Gasteiger partial charge in [0, 0.05) is 18.3 Å². The van der Waals surface area contributed by atoms with Crippen molar-refractivity contribution in [1.29, 1.82) is 0 Å². The molecule has 2 heterocycles.